The molecule has 2 atom stereocenters. The fourth-order valence-corrected chi connectivity index (χ4v) is 3.45. The lowest BCUT2D eigenvalue weighted by atomic mass is 9.81. The Balaban J connectivity index is 2.20. The predicted octanol–water partition coefficient (Wildman–Crippen LogP) is 4.13. The number of nitrogens with zero attached hydrogens (tertiary/aromatic N) is 2. The van der Waals surface area contributed by atoms with Gasteiger partial charge in [-0.2, -0.15) is 0 Å². The number of nitro benzene ring substituents is 1. The quantitative estimate of drug-likeness (QED) is 0.434. The van der Waals surface area contributed by atoms with E-state index >= 15 is 0 Å². The lowest BCUT2D eigenvalue weighted by Gasteiger charge is -2.37. The fourth-order valence-electron chi connectivity index (χ4n) is 3.45. The molecular weight excluding hydrogens is 364 g/mol. The summed E-state index contributed by atoms with van der Waals surface area (Å²) >= 11 is 0. The van der Waals surface area contributed by atoms with Crippen LogP contribution in [0.15, 0.2) is 18.2 Å². The number of piperidine rings is 1. The number of ether oxygens (including phenoxy) is 2. The van der Waals surface area contributed by atoms with Crippen molar-refractivity contribution in [3.63, 3.8) is 0 Å². The summed E-state index contributed by atoms with van der Waals surface area (Å²) in [7, 11) is 0. The van der Waals surface area contributed by atoms with Crippen LogP contribution in [0.4, 0.5) is 10.5 Å². The molecular formula is C20H28N2O6. The standard InChI is InChI=1S/C20H28N2O6/c1-6-27-18(23)16-11-14(7-8-17(16)22(25)26)15-9-10-21(12-13(15)2)19(24)28-20(3,4)5/h7-8,11,13,15H,6,9-10,12H2,1-5H3/t13-,15?/m1/s1. The second-order valence-electron chi connectivity index (χ2n) is 8.05. The van der Waals surface area contributed by atoms with Crippen LogP contribution in [0.5, 0.6) is 0 Å². The second-order valence-corrected chi connectivity index (χ2v) is 8.05. The Morgan fingerprint density at radius 1 is 1.32 bits per heavy atom. The van der Waals surface area contributed by atoms with E-state index in [0.29, 0.717) is 19.5 Å². The number of amides is 1. The minimum absolute atomic E-state index is 0.0360. The van der Waals surface area contributed by atoms with Crippen molar-refractivity contribution in [1.82, 2.24) is 4.90 Å². The summed E-state index contributed by atoms with van der Waals surface area (Å²) in [6, 6.07) is 4.60. The minimum atomic E-state index is -0.699. The summed E-state index contributed by atoms with van der Waals surface area (Å²) in [4.78, 5) is 36.8. The fraction of sp³-hybridized carbons (Fsp3) is 0.600. The van der Waals surface area contributed by atoms with Crippen molar-refractivity contribution in [1.29, 1.82) is 0 Å². The Morgan fingerprint density at radius 3 is 2.54 bits per heavy atom. The van der Waals surface area contributed by atoms with E-state index < -0.39 is 16.5 Å². The van der Waals surface area contributed by atoms with Gasteiger partial charge in [0.05, 0.1) is 11.5 Å². The van der Waals surface area contributed by atoms with Crippen LogP contribution in [0.1, 0.15) is 62.9 Å². The smallest absolute Gasteiger partial charge is 0.410 e. The van der Waals surface area contributed by atoms with Gasteiger partial charge in [-0.1, -0.05) is 13.0 Å². The molecule has 1 saturated heterocycles. The molecule has 0 bridgehead atoms. The zero-order valence-electron chi connectivity index (χ0n) is 17.1. The van der Waals surface area contributed by atoms with Crippen LogP contribution in [0.25, 0.3) is 0 Å². The maximum atomic E-state index is 12.3. The molecule has 154 valence electrons. The maximum Gasteiger partial charge on any atom is 0.410 e. The highest BCUT2D eigenvalue weighted by Gasteiger charge is 2.33. The van der Waals surface area contributed by atoms with Crippen LogP contribution in [0, 0.1) is 16.0 Å². The van der Waals surface area contributed by atoms with Gasteiger partial charge in [-0.3, -0.25) is 10.1 Å². The second kappa shape index (κ2) is 8.58. The van der Waals surface area contributed by atoms with E-state index in [9.17, 15) is 19.7 Å². The number of rotatable bonds is 4. The molecule has 0 spiro atoms. The van der Waals surface area contributed by atoms with Crippen LogP contribution in [0.3, 0.4) is 0 Å². The molecule has 1 heterocycles. The number of carbonyl (C=O) groups is 2. The highest BCUT2D eigenvalue weighted by atomic mass is 16.6. The summed E-state index contributed by atoms with van der Waals surface area (Å²) in [6.45, 7) is 10.3. The summed E-state index contributed by atoms with van der Waals surface area (Å²) in [5.74, 6) is -0.514. The molecule has 0 radical (unpaired) electrons. The Morgan fingerprint density at radius 2 is 2.00 bits per heavy atom. The van der Waals surface area contributed by atoms with E-state index in [1.54, 1.807) is 24.0 Å². The van der Waals surface area contributed by atoms with Crippen molar-refractivity contribution in [3.05, 3.63) is 39.4 Å². The Kier molecular flexibility index (Phi) is 6.64. The molecule has 28 heavy (non-hydrogen) atoms. The number of esters is 1. The first kappa shape index (κ1) is 21.7. The number of hydrogen-bond acceptors (Lipinski definition) is 6. The van der Waals surface area contributed by atoms with Crippen LogP contribution in [-0.2, 0) is 9.47 Å². The molecule has 8 nitrogen and oxygen atoms in total. The third-order valence-corrected chi connectivity index (χ3v) is 4.70. The van der Waals surface area contributed by atoms with Crippen LogP contribution >= 0.6 is 0 Å². The van der Waals surface area contributed by atoms with Gasteiger partial charge >= 0.3 is 12.1 Å². The molecule has 2 rings (SSSR count). The number of nitro groups is 1. The molecule has 0 aliphatic carbocycles. The number of hydrogen-bond donors (Lipinski definition) is 0. The number of carbonyl (C=O) groups excluding carboxylic acids is 2. The van der Waals surface area contributed by atoms with Gasteiger partial charge in [-0.05, 0) is 57.6 Å². The van der Waals surface area contributed by atoms with Gasteiger partial charge in [-0.25, -0.2) is 9.59 Å². The van der Waals surface area contributed by atoms with Crippen molar-refractivity contribution < 1.29 is 24.0 Å². The predicted molar refractivity (Wildman–Crippen MR) is 103 cm³/mol. The maximum absolute atomic E-state index is 12.3. The third-order valence-electron chi connectivity index (χ3n) is 4.70. The first-order chi connectivity index (χ1) is 13.0. The minimum Gasteiger partial charge on any atom is -0.462 e. The van der Waals surface area contributed by atoms with Crippen molar-refractivity contribution in [2.75, 3.05) is 19.7 Å². The van der Waals surface area contributed by atoms with Gasteiger partial charge in [0, 0.05) is 19.2 Å². The zero-order chi connectivity index (χ0) is 21.1. The molecule has 1 aliphatic rings. The SMILES string of the molecule is CCOC(=O)c1cc(C2CCN(C(=O)OC(C)(C)C)C[C@H]2C)ccc1[N+](=O)[O-]. The molecule has 1 aliphatic heterocycles. The van der Waals surface area contributed by atoms with Crippen molar-refractivity contribution in [3.8, 4) is 0 Å². The lowest BCUT2D eigenvalue weighted by Crippen LogP contribution is -2.44. The van der Waals surface area contributed by atoms with Gasteiger partial charge in [0.1, 0.15) is 11.2 Å². The van der Waals surface area contributed by atoms with E-state index in [-0.39, 0.29) is 35.8 Å². The van der Waals surface area contributed by atoms with Gasteiger partial charge in [0.25, 0.3) is 5.69 Å². The van der Waals surface area contributed by atoms with E-state index in [1.807, 2.05) is 27.7 Å². The van der Waals surface area contributed by atoms with Crippen LogP contribution in [0.2, 0.25) is 0 Å². The van der Waals surface area contributed by atoms with Crippen molar-refractivity contribution in [2.24, 2.45) is 5.92 Å². The molecule has 1 aromatic rings. The monoisotopic (exact) mass is 392 g/mol. The molecule has 1 unspecified atom stereocenters. The third kappa shape index (κ3) is 5.21. The van der Waals surface area contributed by atoms with Crippen LogP contribution < -0.4 is 0 Å². The molecule has 0 saturated carbocycles. The Bertz CT molecular complexity index is 756. The summed E-state index contributed by atoms with van der Waals surface area (Å²) in [5.41, 5.74) is -0.0125. The molecule has 1 aromatic carbocycles. The summed E-state index contributed by atoms with van der Waals surface area (Å²) < 4.78 is 10.4. The van der Waals surface area contributed by atoms with E-state index in [2.05, 4.69) is 0 Å². The normalized spacial score (nSPS) is 19.8. The molecule has 1 amide bonds. The van der Waals surface area contributed by atoms with Gasteiger partial charge in [-0.15, -0.1) is 0 Å². The van der Waals surface area contributed by atoms with E-state index in [1.165, 1.54) is 6.07 Å². The van der Waals surface area contributed by atoms with E-state index in [4.69, 9.17) is 9.47 Å². The van der Waals surface area contributed by atoms with Gasteiger partial charge in [0.15, 0.2) is 0 Å². The molecule has 1 fully saturated rings. The van der Waals surface area contributed by atoms with Crippen molar-refractivity contribution in [2.45, 2.75) is 52.6 Å². The Labute approximate surface area is 164 Å². The average Bonchev–Trinajstić information content (AvgIpc) is 2.59. The highest BCUT2D eigenvalue weighted by Crippen LogP contribution is 2.35. The van der Waals surface area contributed by atoms with Crippen molar-refractivity contribution >= 4 is 17.7 Å². The largest absolute Gasteiger partial charge is 0.462 e. The first-order valence-electron chi connectivity index (χ1n) is 9.47. The topological polar surface area (TPSA) is 99.0 Å². The molecule has 0 N–H and O–H groups in total. The molecule has 8 heteroatoms. The summed E-state index contributed by atoms with van der Waals surface area (Å²) in [6.07, 6.45) is 0.342. The molecule has 0 aromatic heterocycles. The van der Waals surface area contributed by atoms with Gasteiger partial charge in [0.2, 0.25) is 0 Å². The number of likely N-dealkylation sites (tertiary alicyclic amines) is 1. The van der Waals surface area contributed by atoms with E-state index in [0.717, 1.165) is 5.56 Å². The van der Waals surface area contributed by atoms with Gasteiger partial charge < -0.3 is 14.4 Å². The average molecular weight is 392 g/mol. The first-order valence-corrected chi connectivity index (χ1v) is 9.47. The lowest BCUT2D eigenvalue weighted by molar-refractivity contribution is -0.385. The van der Waals surface area contributed by atoms with Crippen LogP contribution in [-0.4, -0.2) is 47.2 Å². The highest BCUT2D eigenvalue weighted by molar-refractivity contribution is 5.94. The number of benzene rings is 1. The zero-order valence-corrected chi connectivity index (χ0v) is 17.1. The summed E-state index contributed by atoms with van der Waals surface area (Å²) in [5, 5.41) is 11.3. The Hall–Kier alpha value is -2.64.